The molecule has 1 aliphatic carbocycles. The summed E-state index contributed by atoms with van der Waals surface area (Å²) in [6, 6.07) is 77.3. The van der Waals surface area contributed by atoms with Gasteiger partial charge in [-0.15, -0.1) is 0 Å². The summed E-state index contributed by atoms with van der Waals surface area (Å²) in [4.78, 5) is 4.96. The van der Waals surface area contributed by atoms with Crippen LogP contribution in [0.3, 0.4) is 0 Å². The summed E-state index contributed by atoms with van der Waals surface area (Å²) in [5.41, 5.74) is 23.7. The van der Waals surface area contributed by atoms with Gasteiger partial charge in [0.05, 0.1) is 33.6 Å². The lowest BCUT2D eigenvalue weighted by atomic mass is 9.34. The van der Waals surface area contributed by atoms with Crippen LogP contribution in [0.5, 0.6) is 11.5 Å². The Morgan fingerprint density at radius 3 is 1.81 bits per heavy atom. The number of hydrogen-bond donors (Lipinski definition) is 0. The molecule has 0 saturated heterocycles. The van der Waals surface area contributed by atoms with Gasteiger partial charge >= 0.3 is 0 Å². The average molecular weight is 1010 g/mol. The van der Waals surface area contributed by atoms with E-state index in [1.807, 2.05) is 0 Å². The summed E-state index contributed by atoms with van der Waals surface area (Å²) in [7, 11) is 2.29. The molecule has 0 N–H and O–H groups in total. The van der Waals surface area contributed by atoms with Gasteiger partial charge in [0, 0.05) is 68.3 Å². The Balaban J connectivity index is 1.11. The molecule has 2 aliphatic heterocycles. The van der Waals surface area contributed by atoms with Crippen LogP contribution in [-0.2, 0) is 23.3 Å². The number of benzene rings is 10. The molecule has 0 atom stereocenters. The molecule has 0 unspecified atom stereocenters. The Morgan fingerprint density at radius 1 is 0.474 bits per heavy atom. The predicted octanol–water partition coefficient (Wildman–Crippen LogP) is 17.2. The Kier molecular flexibility index (Phi) is 9.78. The van der Waals surface area contributed by atoms with Gasteiger partial charge in [0.1, 0.15) is 11.5 Å². The third kappa shape index (κ3) is 6.62. The van der Waals surface area contributed by atoms with Crippen molar-refractivity contribution >= 4 is 101 Å². The molecule has 0 bridgehead atoms. The Morgan fingerprint density at radius 2 is 1.10 bits per heavy atom. The largest absolute Gasteiger partial charge is 0.458 e. The van der Waals surface area contributed by atoms with E-state index in [9.17, 15) is 0 Å². The minimum Gasteiger partial charge on any atom is -0.458 e. The Hall–Kier alpha value is -8.74. The molecular weight excluding hydrogens is 948 g/mol. The molecule has 15 rings (SSSR count). The van der Waals surface area contributed by atoms with Crippen LogP contribution in [0, 0.1) is 0 Å². The number of hydrogen-bond acceptors (Lipinski definition) is 3. The van der Waals surface area contributed by atoms with E-state index in [0.717, 1.165) is 45.4 Å². The van der Waals surface area contributed by atoms with Crippen LogP contribution in [0.2, 0.25) is 0 Å². The summed E-state index contributed by atoms with van der Waals surface area (Å²) in [5, 5.41) is 4.95. The number of ether oxygens (including phenoxy) is 1. The first kappa shape index (κ1) is 46.6. The highest BCUT2D eigenvalue weighted by Gasteiger charge is 2.46. The van der Waals surface area contributed by atoms with E-state index in [4.69, 9.17) is 4.74 Å². The monoisotopic (exact) mass is 1010 g/mol. The van der Waals surface area contributed by atoms with Crippen molar-refractivity contribution in [3.8, 4) is 28.3 Å². The fraction of sp³-hybridized carbons (Fsp3) is 0.167. The Labute approximate surface area is 457 Å². The number of fused-ring (bicyclic) bond motifs is 14. The number of aromatic nitrogens is 2. The first-order chi connectivity index (χ1) is 37.6. The van der Waals surface area contributed by atoms with Crippen molar-refractivity contribution in [3.05, 3.63) is 229 Å². The summed E-state index contributed by atoms with van der Waals surface area (Å²) in [6.07, 6.45) is 0. The molecule has 6 heteroatoms. The van der Waals surface area contributed by atoms with Crippen molar-refractivity contribution in [2.75, 3.05) is 9.80 Å². The molecule has 378 valence electrons. The van der Waals surface area contributed by atoms with Crippen LogP contribution >= 0.6 is 0 Å². The molecule has 0 saturated carbocycles. The summed E-state index contributed by atoms with van der Waals surface area (Å²) < 4.78 is 12.5. The molecule has 0 spiro atoms. The maximum atomic E-state index is 7.42. The number of para-hydroxylation sites is 4. The summed E-state index contributed by atoms with van der Waals surface area (Å²) >= 11 is 0. The highest BCUT2D eigenvalue weighted by atomic mass is 16.5. The lowest BCUT2D eigenvalue weighted by molar-refractivity contribution is 0.486. The quantitative estimate of drug-likeness (QED) is 0.161. The van der Waals surface area contributed by atoms with Gasteiger partial charge in [0.2, 0.25) is 0 Å². The van der Waals surface area contributed by atoms with Crippen LogP contribution in [0.1, 0.15) is 77.6 Å². The van der Waals surface area contributed by atoms with Crippen LogP contribution in [0.4, 0.5) is 34.1 Å². The molecule has 0 amide bonds. The third-order valence-corrected chi connectivity index (χ3v) is 17.6. The van der Waals surface area contributed by atoms with Crippen LogP contribution < -0.4 is 30.9 Å². The van der Waals surface area contributed by atoms with Gasteiger partial charge < -0.3 is 23.7 Å². The molecule has 0 radical (unpaired) electrons. The fourth-order valence-corrected chi connectivity index (χ4v) is 13.7. The highest BCUT2D eigenvalue weighted by Crippen LogP contribution is 2.54. The Bertz CT molecular complexity index is 4440. The van der Waals surface area contributed by atoms with Gasteiger partial charge in [-0.3, -0.25) is 0 Å². The number of rotatable bonds is 5. The van der Waals surface area contributed by atoms with E-state index >= 15 is 0 Å². The fourth-order valence-electron chi connectivity index (χ4n) is 13.7. The van der Waals surface area contributed by atoms with E-state index in [-0.39, 0.29) is 23.0 Å². The number of anilines is 6. The van der Waals surface area contributed by atoms with Gasteiger partial charge in [0.15, 0.2) is 0 Å². The smallest absolute Gasteiger partial charge is 0.256 e. The van der Waals surface area contributed by atoms with Crippen molar-refractivity contribution < 1.29 is 4.74 Å². The second kappa shape index (κ2) is 16.4. The summed E-state index contributed by atoms with van der Waals surface area (Å²) in [5.74, 6) is 1.74. The second-order valence-electron chi connectivity index (χ2n) is 24.6. The number of nitrogens with zero attached hydrogens (tertiary/aromatic N) is 4. The minimum absolute atomic E-state index is 0.0326. The molecule has 12 aromatic rings. The van der Waals surface area contributed by atoms with Crippen molar-refractivity contribution in [2.24, 2.45) is 7.05 Å². The first-order valence-corrected chi connectivity index (χ1v) is 27.7. The van der Waals surface area contributed by atoms with Crippen molar-refractivity contribution in [3.63, 3.8) is 0 Å². The second-order valence-corrected chi connectivity index (χ2v) is 24.6. The molecule has 2 aromatic heterocycles. The maximum Gasteiger partial charge on any atom is 0.256 e. The first-order valence-electron chi connectivity index (χ1n) is 27.7. The molecule has 78 heavy (non-hydrogen) atoms. The topological polar surface area (TPSA) is 25.6 Å². The normalized spacial score (nSPS) is 14.1. The van der Waals surface area contributed by atoms with Crippen molar-refractivity contribution in [1.82, 2.24) is 9.13 Å². The zero-order chi connectivity index (χ0) is 53.1. The van der Waals surface area contributed by atoms with E-state index in [1.54, 1.807) is 0 Å². The lowest BCUT2D eigenvalue weighted by Crippen LogP contribution is -2.60. The number of aryl methyl sites for hydroxylation is 1. The predicted molar refractivity (Wildman–Crippen MR) is 330 cm³/mol. The van der Waals surface area contributed by atoms with Gasteiger partial charge in [0.25, 0.3) is 6.71 Å². The van der Waals surface area contributed by atoms with E-state index in [2.05, 4.69) is 288 Å². The highest BCUT2D eigenvalue weighted by molar-refractivity contribution is 6.99. The van der Waals surface area contributed by atoms with Gasteiger partial charge in [-0.25, -0.2) is 0 Å². The molecular formula is C72H61BN4O. The van der Waals surface area contributed by atoms with Gasteiger partial charge in [-0.05, 0) is 139 Å². The van der Waals surface area contributed by atoms with Crippen LogP contribution in [0.15, 0.2) is 206 Å². The van der Waals surface area contributed by atoms with E-state index < -0.39 is 0 Å². The lowest BCUT2D eigenvalue weighted by Gasteiger charge is -2.42. The zero-order valence-corrected chi connectivity index (χ0v) is 45.9. The van der Waals surface area contributed by atoms with Gasteiger partial charge in [-0.2, -0.15) is 0 Å². The van der Waals surface area contributed by atoms with Crippen LogP contribution in [0.25, 0.3) is 60.4 Å². The molecule has 10 aromatic carbocycles. The SMILES string of the molecule is Cn1c2ccccc2c2c(-n3c4ccccc4c4cc5c(cc43)C(C)(C)c3ccccc3-5)cc3c(c21)N(c1ccc(C(C)(C)C)cc1)c1cc(N(c2ccccc2)c2ccccc2)cc2c1B3c1cc(C(C)(C)C)ccc1O2. The summed E-state index contributed by atoms with van der Waals surface area (Å²) in [6.45, 7) is 18.5. The molecule has 3 aliphatic rings. The zero-order valence-electron chi connectivity index (χ0n) is 45.9. The molecule has 4 heterocycles. The maximum absolute atomic E-state index is 7.42. The van der Waals surface area contributed by atoms with Crippen LogP contribution in [-0.4, -0.2) is 15.8 Å². The standard InChI is InChI=1S/C72H61BN4O/c1-70(2,3)44-32-35-48(36-33-44)76-63-39-49(75(46-22-12-10-13-23-46)47-24-14-11-15-25-47)40-65-67(63)73(57-38-45(71(4,5)6)34-37-64(57)78-65)58-43-62(66-52-28-18-20-30-59(52)74(9)69(66)68(58)76)77-60-31-21-17-27-51(60)54-41-53-50-26-16-19-29-55(50)72(7,8)56(53)42-61(54)77/h10-43H,1-9H3. The van der Waals surface area contributed by atoms with Gasteiger partial charge in [-0.1, -0.05) is 177 Å². The molecule has 0 fully saturated rings. The molecule has 5 nitrogen and oxygen atoms in total. The third-order valence-electron chi connectivity index (χ3n) is 17.6. The average Bonchev–Trinajstić information content (AvgIpc) is 3.59. The van der Waals surface area contributed by atoms with Crippen molar-refractivity contribution in [2.45, 2.75) is 71.6 Å². The van der Waals surface area contributed by atoms with Crippen molar-refractivity contribution in [1.29, 1.82) is 0 Å². The van der Waals surface area contributed by atoms with E-state index in [1.165, 1.54) is 99.3 Å². The van der Waals surface area contributed by atoms with E-state index in [0.29, 0.717) is 0 Å². The minimum atomic E-state index is -0.191.